The average molecular weight is 237 g/mol. The Balaban J connectivity index is 2.31. The lowest BCUT2D eigenvalue weighted by Crippen LogP contribution is -2.02. The first-order valence-corrected chi connectivity index (χ1v) is 5.48. The van der Waals surface area contributed by atoms with Gasteiger partial charge in [-0.2, -0.15) is 0 Å². The number of rotatable bonds is 3. The van der Waals surface area contributed by atoms with Crippen LogP contribution in [-0.4, -0.2) is 14.7 Å². The zero-order chi connectivity index (χ0) is 11.5. The van der Waals surface area contributed by atoms with E-state index in [1.807, 2.05) is 42.1 Å². The second-order valence-electron chi connectivity index (χ2n) is 3.67. The maximum Gasteiger partial charge on any atom is 0.153 e. The number of hydrogen-bond acceptors (Lipinski definition) is 2. The van der Waals surface area contributed by atoms with Crippen molar-refractivity contribution in [3.05, 3.63) is 53.6 Å². The number of aliphatic hydroxyl groups excluding tert-OH is 1. The molecule has 2 aromatic rings. The Bertz CT molecular complexity index is 479. The lowest BCUT2D eigenvalue weighted by molar-refractivity contribution is 0.262. The molecule has 0 saturated heterocycles. The van der Waals surface area contributed by atoms with E-state index in [1.54, 1.807) is 6.20 Å². The van der Waals surface area contributed by atoms with Crippen molar-refractivity contribution >= 4 is 11.6 Å². The van der Waals surface area contributed by atoms with Gasteiger partial charge in [0.2, 0.25) is 0 Å². The Morgan fingerprint density at radius 1 is 1.44 bits per heavy atom. The highest BCUT2D eigenvalue weighted by Gasteiger charge is 2.10. The third-order valence-electron chi connectivity index (χ3n) is 2.58. The number of aliphatic hydroxyl groups is 1. The van der Waals surface area contributed by atoms with Gasteiger partial charge in [-0.05, 0) is 11.1 Å². The van der Waals surface area contributed by atoms with E-state index in [4.69, 9.17) is 11.6 Å². The summed E-state index contributed by atoms with van der Waals surface area (Å²) in [6.07, 6.45) is 4.33. The van der Waals surface area contributed by atoms with Gasteiger partial charge in [0.15, 0.2) is 5.56 Å². The number of alkyl halides is 1. The fraction of sp³-hybridized carbons (Fsp3) is 0.250. The van der Waals surface area contributed by atoms with E-state index in [-0.39, 0.29) is 0 Å². The lowest BCUT2D eigenvalue weighted by atomic mass is 10.0. The summed E-state index contributed by atoms with van der Waals surface area (Å²) in [6, 6.07) is 7.58. The number of imidazole rings is 1. The van der Waals surface area contributed by atoms with Gasteiger partial charge >= 0.3 is 0 Å². The Hall–Kier alpha value is -1.32. The minimum atomic E-state index is -0.962. The highest BCUT2D eigenvalue weighted by atomic mass is 35.5. The van der Waals surface area contributed by atoms with Crippen LogP contribution in [0.15, 0.2) is 36.7 Å². The smallest absolute Gasteiger partial charge is 0.153 e. The number of nitrogens with zero attached hydrogens (tertiary/aromatic N) is 2. The molecule has 16 heavy (non-hydrogen) atoms. The van der Waals surface area contributed by atoms with Crippen molar-refractivity contribution in [2.24, 2.45) is 7.05 Å². The third kappa shape index (κ3) is 2.26. The SMILES string of the molecule is Cn1ccnc1Cc1ccccc1C(O)Cl. The zero-order valence-electron chi connectivity index (χ0n) is 8.97. The molecular formula is C12H13ClN2O. The maximum atomic E-state index is 9.44. The zero-order valence-corrected chi connectivity index (χ0v) is 9.72. The summed E-state index contributed by atoms with van der Waals surface area (Å²) in [5.41, 5.74) is 0.780. The van der Waals surface area contributed by atoms with Crippen LogP contribution >= 0.6 is 11.6 Å². The average Bonchev–Trinajstić information content (AvgIpc) is 2.65. The van der Waals surface area contributed by atoms with Crippen molar-refractivity contribution in [3.8, 4) is 0 Å². The maximum absolute atomic E-state index is 9.44. The van der Waals surface area contributed by atoms with Crippen LogP contribution < -0.4 is 0 Å². The minimum Gasteiger partial charge on any atom is -0.373 e. The molecule has 1 atom stereocenters. The van der Waals surface area contributed by atoms with Gasteiger partial charge in [-0.15, -0.1) is 0 Å². The van der Waals surface area contributed by atoms with Crippen LogP contribution in [0.1, 0.15) is 22.5 Å². The number of benzene rings is 1. The molecule has 0 saturated carbocycles. The highest BCUT2D eigenvalue weighted by molar-refractivity contribution is 6.19. The summed E-state index contributed by atoms with van der Waals surface area (Å²) in [5.74, 6) is 0.949. The molecule has 0 aliphatic carbocycles. The molecular weight excluding hydrogens is 224 g/mol. The van der Waals surface area contributed by atoms with Crippen molar-refractivity contribution < 1.29 is 5.11 Å². The van der Waals surface area contributed by atoms with Gasteiger partial charge in [-0.3, -0.25) is 0 Å². The van der Waals surface area contributed by atoms with E-state index in [1.165, 1.54) is 0 Å². The molecule has 0 fully saturated rings. The van der Waals surface area contributed by atoms with Gasteiger partial charge in [-0.25, -0.2) is 4.98 Å². The van der Waals surface area contributed by atoms with Crippen molar-refractivity contribution in [2.75, 3.05) is 0 Å². The van der Waals surface area contributed by atoms with E-state index in [9.17, 15) is 5.11 Å². The minimum absolute atomic E-state index is 0.670. The van der Waals surface area contributed by atoms with E-state index in [0.717, 1.165) is 17.0 Å². The normalized spacial score (nSPS) is 12.7. The van der Waals surface area contributed by atoms with Crippen molar-refractivity contribution in [1.29, 1.82) is 0 Å². The number of aromatic nitrogens is 2. The van der Waals surface area contributed by atoms with Gasteiger partial charge in [0, 0.05) is 25.9 Å². The van der Waals surface area contributed by atoms with Crippen LogP contribution in [-0.2, 0) is 13.5 Å². The van der Waals surface area contributed by atoms with Gasteiger partial charge in [-0.1, -0.05) is 35.9 Å². The van der Waals surface area contributed by atoms with E-state index in [0.29, 0.717) is 6.42 Å². The number of hydrogen-bond donors (Lipinski definition) is 1. The molecule has 1 unspecified atom stereocenters. The standard InChI is InChI=1S/C12H13ClN2O/c1-15-7-6-14-11(15)8-9-4-2-3-5-10(9)12(13)16/h2-7,12,16H,8H2,1H3. The first-order chi connectivity index (χ1) is 7.68. The highest BCUT2D eigenvalue weighted by Crippen LogP contribution is 2.22. The summed E-state index contributed by atoms with van der Waals surface area (Å²) in [4.78, 5) is 4.25. The molecule has 2 rings (SSSR count). The Morgan fingerprint density at radius 2 is 2.19 bits per heavy atom. The summed E-state index contributed by atoms with van der Waals surface area (Å²) >= 11 is 5.72. The quantitative estimate of drug-likeness (QED) is 0.830. The Labute approximate surface area is 99.3 Å². The first-order valence-electron chi connectivity index (χ1n) is 5.04. The summed E-state index contributed by atoms with van der Waals surface area (Å²) in [5, 5.41) is 9.44. The van der Waals surface area contributed by atoms with Crippen molar-refractivity contribution in [3.63, 3.8) is 0 Å². The van der Waals surface area contributed by atoms with Gasteiger partial charge in [0.05, 0.1) is 0 Å². The van der Waals surface area contributed by atoms with E-state index in [2.05, 4.69) is 4.98 Å². The molecule has 0 bridgehead atoms. The summed E-state index contributed by atoms with van der Waals surface area (Å²) in [6.45, 7) is 0. The first kappa shape index (κ1) is 11.2. The molecule has 1 heterocycles. The third-order valence-corrected chi connectivity index (χ3v) is 2.82. The molecule has 1 aromatic heterocycles. The molecule has 1 N–H and O–H groups in total. The molecule has 0 amide bonds. The largest absolute Gasteiger partial charge is 0.373 e. The van der Waals surface area contributed by atoms with Crippen LogP contribution in [0.4, 0.5) is 0 Å². The molecule has 3 nitrogen and oxygen atoms in total. The Kier molecular flexibility index (Phi) is 3.27. The van der Waals surface area contributed by atoms with Crippen LogP contribution in [0.2, 0.25) is 0 Å². The van der Waals surface area contributed by atoms with E-state index >= 15 is 0 Å². The monoisotopic (exact) mass is 236 g/mol. The van der Waals surface area contributed by atoms with Crippen molar-refractivity contribution in [2.45, 2.75) is 12.0 Å². The fourth-order valence-electron chi connectivity index (χ4n) is 1.66. The topological polar surface area (TPSA) is 38.0 Å². The second kappa shape index (κ2) is 4.68. The lowest BCUT2D eigenvalue weighted by Gasteiger charge is -2.10. The molecule has 0 radical (unpaired) electrons. The summed E-state index contributed by atoms with van der Waals surface area (Å²) < 4.78 is 1.96. The van der Waals surface area contributed by atoms with Gasteiger partial charge in [0.25, 0.3) is 0 Å². The van der Waals surface area contributed by atoms with Crippen LogP contribution in [0, 0.1) is 0 Å². The van der Waals surface area contributed by atoms with Crippen LogP contribution in [0.5, 0.6) is 0 Å². The molecule has 4 heteroatoms. The predicted molar refractivity (Wildman–Crippen MR) is 63.3 cm³/mol. The van der Waals surface area contributed by atoms with Gasteiger partial charge < -0.3 is 9.67 Å². The second-order valence-corrected chi connectivity index (χ2v) is 4.08. The van der Waals surface area contributed by atoms with Crippen LogP contribution in [0.3, 0.4) is 0 Å². The van der Waals surface area contributed by atoms with Crippen LogP contribution in [0.25, 0.3) is 0 Å². The number of aryl methyl sites for hydroxylation is 1. The summed E-state index contributed by atoms with van der Waals surface area (Å²) in [7, 11) is 1.95. The molecule has 0 aliphatic heterocycles. The van der Waals surface area contributed by atoms with Crippen molar-refractivity contribution in [1.82, 2.24) is 9.55 Å². The van der Waals surface area contributed by atoms with Gasteiger partial charge in [0.1, 0.15) is 5.82 Å². The molecule has 0 aliphatic rings. The molecule has 84 valence electrons. The molecule has 0 spiro atoms. The predicted octanol–water partition coefficient (Wildman–Crippen LogP) is 2.24. The fourth-order valence-corrected chi connectivity index (χ4v) is 1.88. The Morgan fingerprint density at radius 3 is 2.81 bits per heavy atom. The number of halogens is 1. The molecule has 1 aromatic carbocycles. The van der Waals surface area contributed by atoms with E-state index < -0.39 is 5.56 Å².